The first kappa shape index (κ1) is 29.4. The molecule has 0 aliphatic carbocycles. The summed E-state index contributed by atoms with van der Waals surface area (Å²) in [5.41, 5.74) is 4.17. The fourth-order valence-electron chi connectivity index (χ4n) is 3.42. The molecular formula is C26H32Cl2N2O4. The zero-order valence-electron chi connectivity index (χ0n) is 19.1. The second-order valence-electron chi connectivity index (χ2n) is 7.67. The number of carboxylic acid groups (broad SMARTS) is 1. The quantitative estimate of drug-likeness (QED) is 0.287. The van der Waals surface area contributed by atoms with Gasteiger partial charge in [0, 0.05) is 24.5 Å². The van der Waals surface area contributed by atoms with Gasteiger partial charge in [-0.05, 0) is 60.7 Å². The van der Waals surface area contributed by atoms with Crippen LogP contribution in [0.15, 0.2) is 67.0 Å². The molecule has 3 rings (SSSR count). The highest BCUT2D eigenvalue weighted by Gasteiger charge is 2.13. The van der Waals surface area contributed by atoms with Gasteiger partial charge < -0.3 is 20.3 Å². The first-order chi connectivity index (χ1) is 15.6. The molecule has 2 aromatic carbocycles. The smallest absolute Gasteiger partial charge is 0.339 e. The van der Waals surface area contributed by atoms with Gasteiger partial charge in [-0.1, -0.05) is 43.3 Å². The topological polar surface area (TPSA) is 91.7 Å². The van der Waals surface area contributed by atoms with Crippen LogP contribution >= 0.6 is 24.8 Å². The maximum atomic E-state index is 11.4. The molecule has 0 aliphatic rings. The molecule has 0 saturated carbocycles. The number of aromatic nitrogens is 1. The van der Waals surface area contributed by atoms with E-state index in [2.05, 4.69) is 22.4 Å². The third kappa shape index (κ3) is 8.61. The van der Waals surface area contributed by atoms with Crippen molar-refractivity contribution in [2.45, 2.75) is 32.3 Å². The molecule has 184 valence electrons. The van der Waals surface area contributed by atoms with Crippen molar-refractivity contribution in [2.24, 2.45) is 0 Å². The molecule has 0 amide bonds. The molecule has 0 unspecified atom stereocenters. The number of nitrogens with zero attached hydrogens (tertiary/aromatic N) is 1. The zero-order valence-corrected chi connectivity index (χ0v) is 20.8. The SMILES string of the molecule is CCCOc1cc(-c2ccc(CCCNC[C@H](O)c3cccnc3)cc2)ccc1C(=O)O.Cl.Cl. The van der Waals surface area contributed by atoms with Gasteiger partial charge in [0.15, 0.2) is 0 Å². The van der Waals surface area contributed by atoms with E-state index >= 15 is 0 Å². The number of hydrogen-bond acceptors (Lipinski definition) is 5. The van der Waals surface area contributed by atoms with Gasteiger partial charge in [0.1, 0.15) is 11.3 Å². The first-order valence-corrected chi connectivity index (χ1v) is 11.0. The van der Waals surface area contributed by atoms with Crippen LogP contribution in [0, 0.1) is 0 Å². The minimum absolute atomic E-state index is 0. The molecule has 0 aliphatic heterocycles. The number of pyridine rings is 1. The van der Waals surface area contributed by atoms with Crippen molar-refractivity contribution in [3.05, 3.63) is 83.7 Å². The maximum absolute atomic E-state index is 11.4. The Balaban J connectivity index is 0.00000289. The highest BCUT2D eigenvalue weighted by Crippen LogP contribution is 2.28. The van der Waals surface area contributed by atoms with Crippen LogP contribution in [-0.2, 0) is 6.42 Å². The molecule has 0 bridgehead atoms. The number of carboxylic acids is 1. The third-order valence-electron chi connectivity index (χ3n) is 5.19. The Bertz CT molecular complexity index is 1000. The standard InChI is InChI=1S/C26H30N2O4.2ClH/c1-2-15-32-25-16-21(11-12-23(25)26(30)31)20-9-7-19(8-10-20)5-3-13-28-18-24(29)22-6-4-14-27-17-22;;/h4,6-12,14,16-17,24,28-29H,2-3,5,13,15,18H2,1H3,(H,30,31);2*1H/t24-;;/m0../s1. The molecule has 0 saturated heterocycles. The maximum Gasteiger partial charge on any atom is 0.339 e. The van der Waals surface area contributed by atoms with Crippen molar-refractivity contribution < 1.29 is 19.7 Å². The van der Waals surface area contributed by atoms with Gasteiger partial charge in [-0.15, -0.1) is 24.8 Å². The summed E-state index contributed by atoms with van der Waals surface area (Å²) >= 11 is 0. The fourth-order valence-corrected chi connectivity index (χ4v) is 3.42. The number of rotatable bonds is 12. The molecule has 1 atom stereocenters. The predicted octanol–water partition coefficient (Wildman–Crippen LogP) is 5.34. The lowest BCUT2D eigenvalue weighted by Gasteiger charge is -2.12. The van der Waals surface area contributed by atoms with Crippen LogP contribution in [0.5, 0.6) is 5.75 Å². The number of ether oxygens (including phenoxy) is 1. The number of aromatic carboxylic acids is 1. The van der Waals surface area contributed by atoms with Gasteiger partial charge in [0.25, 0.3) is 0 Å². The molecule has 1 aromatic heterocycles. The van der Waals surface area contributed by atoms with E-state index in [1.165, 1.54) is 5.56 Å². The van der Waals surface area contributed by atoms with Crippen molar-refractivity contribution in [1.82, 2.24) is 10.3 Å². The number of halogens is 2. The van der Waals surface area contributed by atoms with E-state index in [1.807, 2.05) is 37.3 Å². The monoisotopic (exact) mass is 506 g/mol. The number of nitrogens with one attached hydrogen (secondary N) is 1. The minimum atomic E-state index is -0.987. The lowest BCUT2D eigenvalue weighted by Crippen LogP contribution is -2.22. The van der Waals surface area contributed by atoms with E-state index in [-0.39, 0.29) is 30.4 Å². The Labute approximate surface area is 213 Å². The van der Waals surface area contributed by atoms with Crippen LogP contribution in [0.2, 0.25) is 0 Å². The number of aliphatic hydroxyl groups is 1. The first-order valence-electron chi connectivity index (χ1n) is 11.0. The van der Waals surface area contributed by atoms with E-state index in [9.17, 15) is 15.0 Å². The Morgan fingerprint density at radius 1 is 1.09 bits per heavy atom. The lowest BCUT2D eigenvalue weighted by atomic mass is 10.0. The summed E-state index contributed by atoms with van der Waals surface area (Å²) in [5, 5.41) is 22.8. The number of carbonyl (C=O) groups is 1. The van der Waals surface area contributed by atoms with Crippen LogP contribution in [0.3, 0.4) is 0 Å². The van der Waals surface area contributed by atoms with Gasteiger partial charge in [0.05, 0.1) is 12.7 Å². The Morgan fingerprint density at radius 2 is 1.82 bits per heavy atom. The largest absolute Gasteiger partial charge is 0.493 e. The number of aliphatic hydroxyl groups excluding tert-OH is 1. The molecule has 8 heteroatoms. The van der Waals surface area contributed by atoms with E-state index in [0.717, 1.165) is 42.5 Å². The molecular weight excluding hydrogens is 475 g/mol. The van der Waals surface area contributed by atoms with Crippen molar-refractivity contribution in [3.8, 4) is 16.9 Å². The van der Waals surface area contributed by atoms with Crippen LogP contribution in [0.1, 0.15) is 47.4 Å². The number of hydrogen-bond donors (Lipinski definition) is 3. The molecule has 0 fully saturated rings. The van der Waals surface area contributed by atoms with Crippen LogP contribution < -0.4 is 10.1 Å². The van der Waals surface area contributed by atoms with Crippen molar-refractivity contribution in [1.29, 1.82) is 0 Å². The van der Waals surface area contributed by atoms with Gasteiger partial charge >= 0.3 is 5.97 Å². The summed E-state index contributed by atoms with van der Waals surface area (Å²) in [6.45, 7) is 3.78. The molecule has 0 radical (unpaired) electrons. The zero-order chi connectivity index (χ0) is 22.8. The molecule has 3 aromatic rings. The molecule has 3 N–H and O–H groups in total. The number of aryl methyl sites for hydroxylation is 1. The Hall–Kier alpha value is -2.64. The van der Waals surface area contributed by atoms with Crippen molar-refractivity contribution in [3.63, 3.8) is 0 Å². The van der Waals surface area contributed by atoms with E-state index in [0.29, 0.717) is 18.9 Å². The molecule has 1 heterocycles. The van der Waals surface area contributed by atoms with E-state index in [1.54, 1.807) is 24.5 Å². The molecule has 6 nitrogen and oxygen atoms in total. The van der Waals surface area contributed by atoms with Crippen LogP contribution in [0.25, 0.3) is 11.1 Å². The summed E-state index contributed by atoms with van der Waals surface area (Å²) < 4.78 is 5.65. The number of benzene rings is 2. The normalized spacial score (nSPS) is 11.1. The fraction of sp³-hybridized carbons (Fsp3) is 0.308. The van der Waals surface area contributed by atoms with Gasteiger partial charge in [-0.3, -0.25) is 4.98 Å². The van der Waals surface area contributed by atoms with E-state index < -0.39 is 12.1 Å². The predicted molar refractivity (Wildman–Crippen MR) is 140 cm³/mol. The average molecular weight is 507 g/mol. The van der Waals surface area contributed by atoms with Crippen molar-refractivity contribution in [2.75, 3.05) is 19.7 Å². The minimum Gasteiger partial charge on any atom is -0.493 e. The van der Waals surface area contributed by atoms with Gasteiger partial charge in [0.2, 0.25) is 0 Å². The molecule has 0 spiro atoms. The van der Waals surface area contributed by atoms with Crippen LogP contribution in [-0.4, -0.2) is 40.9 Å². The summed E-state index contributed by atoms with van der Waals surface area (Å²) in [5.74, 6) is -0.583. The average Bonchev–Trinajstić information content (AvgIpc) is 2.83. The summed E-state index contributed by atoms with van der Waals surface area (Å²) in [7, 11) is 0. The van der Waals surface area contributed by atoms with Gasteiger partial charge in [-0.25, -0.2) is 4.79 Å². The van der Waals surface area contributed by atoms with Gasteiger partial charge in [-0.2, -0.15) is 0 Å². The summed E-state index contributed by atoms with van der Waals surface area (Å²) in [6.07, 6.45) is 5.53. The second-order valence-corrected chi connectivity index (χ2v) is 7.67. The Morgan fingerprint density at radius 3 is 2.47 bits per heavy atom. The highest BCUT2D eigenvalue weighted by atomic mass is 35.5. The van der Waals surface area contributed by atoms with E-state index in [4.69, 9.17) is 4.74 Å². The summed E-state index contributed by atoms with van der Waals surface area (Å²) in [4.78, 5) is 15.5. The lowest BCUT2D eigenvalue weighted by molar-refractivity contribution is 0.0692. The second kappa shape index (κ2) is 15.3. The summed E-state index contributed by atoms with van der Waals surface area (Å²) in [6, 6.07) is 17.2. The van der Waals surface area contributed by atoms with Crippen molar-refractivity contribution >= 4 is 30.8 Å². The van der Waals surface area contributed by atoms with Crippen LogP contribution in [0.4, 0.5) is 0 Å². The third-order valence-corrected chi connectivity index (χ3v) is 5.19. The Kier molecular flexibility index (Phi) is 13.2. The molecule has 34 heavy (non-hydrogen) atoms. The highest BCUT2D eigenvalue weighted by molar-refractivity contribution is 5.92.